The fourth-order valence-electron chi connectivity index (χ4n) is 2.56. The number of hydrogen-bond donors (Lipinski definition) is 5. The summed E-state index contributed by atoms with van der Waals surface area (Å²) in [6.07, 6.45) is -2.76. The average Bonchev–Trinajstić information content (AvgIpc) is 2.50. The van der Waals surface area contributed by atoms with E-state index < -0.39 is 29.5 Å². The Labute approximate surface area is 130 Å². The van der Waals surface area contributed by atoms with Crippen molar-refractivity contribution in [1.29, 1.82) is 0 Å². The highest BCUT2D eigenvalue weighted by Crippen LogP contribution is 2.45. The first kappa shape index (κ1) is 15.0. The van der Waals surface area contributed by atoms with Gasteiger partial charge in [0.15, 0.2) is 23.7 Å². The number of phenolic OH excluding ortho intramolecular Hbond substituents is 4. The van der Waals surface area contributed by atoms with Gasteiger partial charge in [-0.25, -0.2) is 0 Å². The zero-order valence-electron chi connectivity index (χ0n) is 12.0. The van der Waals surface area contributed by atoms with Crippen LogP contribution >= 0.6 is 0 Å². The largest absolute Gasteiger partial charge is 0.507 e. The van der Waals surface area contributed by atoms with E-state index in [1.54, 1.807) is 0 Å². The number of Topliss-reactive ketones (excluding diaryl/α,β-unsaturated/α-hetero) is 1. The molecule has 7 nitrogen and oxygen atoms in total. The van der Waals surface area contributed by atoms with Crippen LogP contribution in [-0.4, -0.2) is 37.4 Å². The summed E-state index contributed by atoms with van der Waals surface area (Å²) in [6.45, 7) is 1.50. The van der Waals surface area contributed by atoms with Crippen LogP contribution in [0.1, 0.15) is 27.6 Å². The Morgan fingerprint density at radius 1 is 0.957 bits per heavy atom. The lowest BCUT2D eigenvalue weighted by atomic mass is 9.91. The van der Waals surface area contributed by atoms with Gasteiger partial charge in [0.1, 0.15) is 22.8 Å². The van der Waals surface area contributed by atoms with Gasteiger partial charge in [0.05, 0.1) is 0 Å². The van der Waals surface area contributed by atoms with Gasteiger partial charge in [-0.15, -0.1) is 0 Å². The molecule has 2 atom stereocenters. The summed E-state index contributed by atoms with van der Waals surface area (Å²) in [6, 6.07) is 4.76. The molecule has 7 heteroatoms. The van der Waals surface area contributed by atoms with E-state index in [1.165, 1.54) is 25.1 Å². The van der Waals surface area contributed by atoms with Crippen LogP contribution < -0.4 is 4.74 Å². The molecule has 0 radical (unpaired) electrons. The molecule has 2 aromatic rings. The van der Waals surface area contributed by atoms with Crippen LogP contribution in [0.2, 0.25) is 0 Å². The van der Waals surface area contributed by atoms with Crippen LogP contribution in [0.4, 0.5) is 0 Å². The van der Waals surface area contributed by atoms with E-state index in [1.807, 2.05) is 0 Å². The van der Waals surface area contributed by atoms with Gasteiger partial charge < -0.3 is 30.3 Å². The van der Waals surface area contributed by atoms with Gasteiger partial charge in [0, 0.05) is 11.6 Å². The third kappa shape index (κ3) is 2.22. The molecule has 0 fully saturated rings. The molecular weight excluding hydrogens is 304 g/mol. The molecule has 0 unspecified atom stereocenters. The Morgan fingerprint density at radius 2 is 1.65 bits per heavy atom. The Bertz CT molecular complexity index is 813. The molecule has 0 bridgehead atoms. The number of rotatable bonds is 1. The summed E-state index contributed by atoms with van der Waals surface area (Å²) in [5.74, 6) is -2.30. The standard InChI is InChI=1S/C16H14O7/c1-6-9(18)5-11(20)12-13(21)14(22)16(23-15(6)12)7-2-3-8(17)10(19)4-7/h2-5,14,16-20,22H,1H3/t14-,16+/m0/s1. The number of aliphatic hydroxyl groups is 1. The monoisotopic (exact) mass is 318 g/mol. The normalized spacial score (nSPS) is 20.0. The van der Waals surface area contributed by atoms with E-state index in [4.69, 9.17) is 4.74 Å². The van der Waals surface area contributed by atoms with Gasteiger partial charge in [-0.2, -0.15) is 0 Å². The van der Waals surface area contributed by atoms with Crippen LogP contribution in [0.15, 0.2) is 24.3 Å². The first-order valence-corrected chi connectivity index (χ1v) is 6.77. The van der Waals surface area contributed by atoms with Crippen molar-refractivity contribution in [3.63, 3.8) is 0 Å². The summed E-state index contributed by atoms with van der Waals surface area (Å²) >= 11 is 0. The molecule has 1 heterocycles. The fourth-order valence-corrected chi connectivity index (χ4v) is 2.56. The number of carbonyl (C=O) groups is 1. The molecule has 5 N–H and O–H groups in total. The molecule has 1 aliphatic heterocycles. The maximum atomic E-state index is 12.4. The van der Waals surface area contributed by atoms with E-state index in [-0.39, 0.29) is 33.9 Å². The number of carbonyl (C=O) groups excluding carboxylic acids is 1. The van der Waals surface area contributed by atoms with Crippen molar-refractivity contribution in [1.82, 2.24) is 0 Å². The second kappa shape index (κ2) is 5.06. The number of aliphatic hydroxyl groups excluding tert-OH is 1. The molecule has 120 valence electrons. The molecule has 1 aliphatic rings. The maximum Gasteiger partial charge on any atom is 0.202 e. The van der Waals surface area contributed by atoms with Crippen LogP contribution in [0, 0.1) is 6.92 Å². The molecular formula is C16H14O7. The summed E-state index contributed by atoms with van der Waals surface area (Å²) in [5.41, 5.74) is 0.298. The quantitative estimate of drug-likeness (QED) is 0.504. The van der Waals surface area contributed by atoms with Crippen LogP contribution in [0.25, 0.3) is 0 Å². The molecule has 0 amide bonds. The van der Waals surface area contributed by atoms with Gasteiger partial charge >= 0.3 is 0 Å². The van der Waals surface area contributed by atoms with E-state index in [0.29, 0.717) is 0 Å². The number of ether oxygens (including phenoxy) is 1. The van der Waals surface area contributed by atoms with Crippen molar-refractivity contribution in [2.75, 3.05) is 0 Å². The topological polar surface area (TPSA) is 127 Å². The minimum atomic E-state index is -1.61. The van der Waals surface area contributed by atoms with Gasteiger partial charge in [-0.05, 0) is 24.6 Å². The molecule has 23 heavy (non-hydrogen) atoms. The third-order valence-corrected chi connectivity index (χ3v) is 3.86. The minimum Gasteiger partial charge on any atom is -0.507 e. The van der Waals surface area contributed by atoms with E-state index in [0.717, 1.165) is 6.07 Å². The van der Waals surface area contributed by atoms with Crippen molar-refractivity contribution < 1.29 is 35.1 Å². The number of fused-ring (bicyclic) bond motifs is 1. The molecule has 3 rings (SSSR count). The third-order valence-electron chi connectivity index (χ3n) is 3.86. The number of ketones is 1. The fraction of sp³-hybridized carbons (Fsp3) is 0.188. The van der Waals surface area contributed by atoms with E-state index >= 15 is 0 Å². The Morgan fingerprint density at radius 3 is 2.30 bits per heavy atom. The first-order valence-electron chi connectivity index (χ1n) is 6.77. The second-order valence-corrected chi connectivity index (χ2v) is 5.34. The van der Waals surface area contributed by atoms with Gasteiger partial charge in [0.25, 0.3) is 0 Å². The molecule has 0 spiro atoms. The van der Waals surface area contributed by atoms with Gasteiger partial charge in [0.2, 0.25) is 5.78 Å². The predicted octanol–water partition coefficient (Wildman–Crippen LogP) is 1.49. The van der Waals surface area contributed by atoms with Crippen molar-refractivity contribution in [2.24, 2.45) is 0 Å². The van der Waals surface area contributed by atoms with Gasteiger partial charge in [-0.3, -0.25) is 4.79 Å². The Balaban J connectivity index is 2.14. The van der Waals surface area contributed by atoms with E-state index in [9.17, 15) is 30.3 Å². The minimum absolute atomic E-state index is 0.0321. The summed E-state index contributed by atoms with van der Waals surface area (Å²) in [5, 5.41) is 48.7. The zero-order chi connectivity index (χ0) is 16.9. The van der Waals surface area contributed by atoms with Crippen molar-refractivity contribution >= 4 is 5.78 Å². The van der Waals surface area contributed by atoms with Gasteiger partial charge in [-0.1, -0.05) is 6.07 Å². The highest BCUT2D eigenvalue weighted by molar-refractivity contribution is 6.06. The molecule has 2 aromatic carbocycles. The van der Waals surface area contributed by atoms with Crippen LogP contribution in [0.5, 0.6) is 28.7 Å². The smallest absolute Gasteiger partial charge is 0.202 e. The zero-order valence-corrected chi connectivity index (χ0v) is 12.0. The Hall–Kier alpha value is -2.93. The first-order chi connectivity index (χ1) is 10.8. The predicted molar refractivity (Wildman–Crippen MR) is 78.0 cm³/mol. The lowest BCUT2D eigenvalue weighted by molar-refractivity contribution is 0.0206. The molecule has 0 saturated heterocycles. The molecule has 0 saturated carbocycles. The summed E-state index contributed by atoms with van der Waals surface area (Å²) < 4.78 is 5.60. The van der Waals surface area contributed by atoms with Crippen molar-refractivity contribution in [3.8, 4) is 28.7 Å². The highest BCUT2D eigenvalue weighted by atomic mass is 16.5. The molecule has 0 aliphatic carbocycles. The molecule has 0 aromatic heterocycles. The second-order valence-electron chi connectivity index (χ2n) is 5.34. The maximum absolute atomic E-state index is 12.4. The highest BCUT2D eigenvalue weighted by Gasteiger charge is 2.40. The number of hydrogen-bond acceptors (Lipinski definition) is 7. The number of benzene rings is 2. The number of aromatic hydroxyl groups is 4. The summed E-state index contributed by atoms with van der Waals surface area (Å²) in [4.78, 5) is 12.4. The van der Waals surface area contributed by atoms with Crippen molar-refractivity contribution in [2.45, 2.75) is 19.1 Å². The van der Waals surface area contributed by atoms with Crippen LogP contribution in [0.3, 0.4) is 0 Å². The lowest BCUT2D eigenvalue weighted by Gasteiger charge is -2.31. The summed E-state index contributed by atoms with van der Waals surface area (Å²) in [7, 11) is 0. The lowest BCUT2D eigenvalue weighted by Crippen LogP contribution is -2.36. The average molecular weight is 318 g/mol. The van der Waals surface area contributed by atoms with E-state index in [2.05, 4.69) is 0 Å². The SMILES string of the molecule is Cc1c(O)cc(O)c2c1O[C@H](c1ccc(O)c(O)c1)[C@@H](O)C2=O. The van der Waals surface area contributed by atoms with Crippen LogP contribution in [-0.2, 0) is 0 Å². The van der Waals surface area contributed by atoms with Crippen molar-refractivity contribution in [3.05, 3.63) is 41.0 Å². The Kier molecular flexibility index (Phi) is 3.30. The number of phenols is 4.